The van der Waals surface area contributed by atoms with Crippen molar-refractivity contribution in [1.29, 1.82) is 0 Å². The Balaban J connectivity index is 1.75. The molecule has 0 fully saturated rings. The standard InChI is InChI=1S/C20H20FN3O3/c1-12(13-8-9-19(27-3)15(21)10-13)22-20(25)17-11-16(23-24-17)14-6-4-5-7-18(14)26-2/h4-12H,1-3H3,(H,22,25)(H,23,24). The molecule has 0 saturated carbocycles. The summed E-state index contributed by atoms with van der Waals surface area (Å²) in [5, 5.41) is 9.74. The summed E-state index contributed by atoms with van der Waals surface area (Å²) in [4.78, 5) is 12.5. The molecule has 2 aromatic carbocycles. The molecular weight excluding hydrogens is 349 g/mol. The number of halogens is 1. The molecule has 0 aliphatic carbocycles. The van der Waals surface area contributed by atoms with E-state index in [9.17, 15) is 9.18 Å². The van der Waals surface area contributed by atoms with Crippen molar-refractivity contribution < 1.29 is 18.7 Å². The number of H-pyrrole nitrogens is 1. The highest BCUT2D eigenvalue weighted by Crippen LogP contribution is 2.28. The van der Waals surface area contributed by atoms with E-state index in [1.807, 2.05) is 24.3 Å². The molecule has 140 valence electrons. The summed E-state index contributed by atoms with van der Waals surface area (Å²) in [5.74, 6) is 0.00815. The van der Waals surface area contributed by atoms with E-state index in [-0.39, 0.29) is 11.7 Å². The van der Waals surface area contributed by atoms with Gasteiger partial charge in [0.2, 0.25) is 0 Å². The second-order valence-electron chi connectivity index (χ2n) is 5.96. The molecule has 0 saturated heterocycles. The molecule has 1 amide bonds. The lowest BCUT2D eigenvalue weighted by atomic mass is 10.1. The SMILES string of the molecule is COc1ccc(C(C)NC(=O)c2cc(-c3ccccc3OC)n[nH]2)cc1F. The highest BCUT2D eigenvalue weighted by Gasteiger charge is 2.17. The lowest BCUT2D eigenvalue weighted by Crippen LogP contribution is -2.27. The minimum absolute atomic E-state index is 0.160. The van der Waals surface area contributed by atoms with Crippen LogP contribution in [0.15, 0.2) is 48.5 Å². The summed E-state index contributed by atoms with van der Waals surface area (Å²) in [6.07, 6.45) is 0. The first kappa shape index (κ1) is 18.4. The van der Waals surface area contributed by atoms with Gasteiger partial charge < -0.3 is 14.8 Å². The molecule has 2 N–H and O–H groups in total. The van der Waals surface area contributed by atoms with Crippen LogP contribution in [0.4, 0.5) is 4.39 Å². The normalized spacial score (nSPS) is 11.7. The molecule has 0 spiro atoms. The van der Waals surface area contributed by atoms with Crippen LogP contribution in [-0.4, -0.2) is 30.3 Å². The van der Waals surface area contributed by atoms with Crippen LogP contribution < -0.4 is 14.8 Å². The first-order valence-electron chi connectivity index (χ1n) is 8.36. The van der Waals surface area contributed by atoms with E-state index in [0.29, 0.717) is 22.7 Å². The molecule has 7 heteroatoms. The molecular formula is C20H20FN3O3. The Morgan fingerprint density at radius 1 is 1.11 bits per heavy atom. The van der Waals surface area contributed by atoms with E-state index >= 15 is 0 Å². The molecule has 0 aliphatic rings. The third-order valence-corrected chi connectivity index (χ3v) is 4.23. The summed E-state index contributed by atoms with van der Waals surface area (Å²) >= 11 is 0. The van der Waals surface area contributed by atoms with E-state index in [1.54, 1.807) is 26.2 Å². The minimum Gasteiger partial charge on any atom is -0.496 e. The summed E-state index contributed by atoms with van der Waals surface area (Å²) in [6.45, 7) is 1.77. The third kappa shape index (κ3) is 3.92. The Bertz CT molecular complexity index is 955. The quantitative estimate of drug-likeness (QED) is 0.694. The fourth-order valence-electron chi connectivity index (χ4n) is 2.74. The van der Waals surface area contributed by atoms with Crippen LogP contribution >= 0.6 is 0 Å². The van der Waals surface area contributed by atoms with Gasteiger partial charge in [0.15, 0.2) is 11.6 Å². The zero-order valence-corrected chi connectivity index (χ0v) is 15.2. The minimum atomic E-state index is -0.476. The van der Waals surface area contributed by atoms with Crippen LogP contribution in [0.2, 0.25) is 0 Å². The number of para-hydroxylation sites is 1. The number of aromatic amines is 1. The topological polar surface area (TPSA) is 76.2 Å². The van der Waals surface area contributed by atoms with E-state index in [4.69, 9.17) is 9.47 Å². The van der Waals surface area contributed by atoms with E-state index < -0.39 is 11.9 Å². The van der Waals surface area contributed by atoms with Crippen LogP contribution in [0.1, 0.15) is 29.0 Å². The molecule has 1 aromatic heterocycles. The Hall–Kier alpha value is -3.35. The van der Waals surface area contributed by atoms with Gasteiger partial charge in [0.05, 0.1) is 26.0 Å². The van der Waals surface area contributed by atoms with Gasteiger partial charge in [0.25, 0.3) is 5.91 Å². The molecule has 1 unspecified atom stereocenters. The zero-order valence-electron chi connectivity index (χ0n) is 15.2. The van der Waals surface area contributed by atoms with Crippen molar-refractivity contribution in [3.63, 3.8) is 0 Å². The number of hydrogen-bond donors (Lipinski definition) is 2. The van der Waals surface area contributed by atoms with Gasteiger partial charge in [-0.15, -0.1) is 0 Å². The van der Waals surface area contributed by atoms with Crippen molar-refractivity contribution in [1.82, 2.24) is 15.5 Å². The molecule has 0 aliphatic heterocycles. The molecule has 0 bridgehead atoms. The highest BCUT2D eigenvalue weighted by atomic mass is 19.1. The smallest absolute Gasteiger partial charge is 0.269 e. The second kappa shape index (κ2) is 7.90. The van der Waals surface area contributed by atoms with Crippen molar-refractivity contribution >= 4 is 5.91 Å². The van der Waals surface area contributed by atoms with E-state index in [1.165, 1.54) is 19.2 Å². The molecule has 3 aromatic rings. The van der Waals surface area contributed by atoms with Gasteiger partial charge in [-0.3, -0.25) is 9.89 Å². The number of carbonyl (C=O) groups is 1. The summed E-state index contributed by atoms with van der Waals surface area (Å²) < 4.78 is 24.1. The maximum absolute atomic E-state index is 13.9. The molecule has 0 radical (unpaired) electrons. The second-order valence-corrected chi connectivity index (χ2v) is 5.96. The number of methoxy groups -OCH3 is 2. The first-order valence-corrected chi connectivity index (χ1v) is 8.36. The first-order chi connectivity index (χ1) is 13.0. The van der Waals surface area contributed by atoms with Gasteiger partial charge in [0.1, 0.15) is 11.4 Å². The van der Waals surface area contributed by atoms with Crippen LogP contribution in [0.5, 0.6) is 11.5 Å². The number of benzene rings is 2. The number of nitrogens with zero attached hydrogens (tertiary/aromatic N) is 1. The third-order valence-electron chi connectivity index (χ3n) is 4.23. The molecule has 1 atom stereocenters. The monoisotopic (exact) mass is 369 g/mol. The lowest BCUT2D eigenvalue weighted by molar-refractivity contribution is 0.0934. The number of hydrogen-bond acceptors (Lipinski definition) is 4. The Kier molecular flexibility index (Phi) is 5.40. The van der Waals surface area contributed by atoms with Crippen LogP contribution in [0.3, 0.4) is 0 Å². The van der Waals surface area contributed by atoms with Gasteiger partial charge >= 0.3 is 0 Å². The van der Waals surface area contributed by atoms with Gasteiger partial charge in [-0.2, -0.15) is 5.10 Å². The van der Waals surface area contributed by atoms with Crippen LogP contribution in [0.25, 0.3) is 11.3 Å². The maximum atomic E-state index is 13.9. The van der Waals surface area contributed by atoms with Gasteiger partial charge in [-0.1, -0.05) is 18.2 Å². The van der Waals surface area contributed by atoms with E-state index in [2.05, 4.69) is 15.5 Å². The Morgan fingerprint density at radius 3 is 2.56 bits per heavy atom. The predicted molar refractivity (Wildman–Crippen MR) is 99.4 cm³/mol. The number of ether oxygens (including phenoxy) is 2. The van der Waals surface area contributed by atoms with Crippen molar-refractivity contribution in [3.8, 4) is 22.8 Å². The average molecular weight is 369 g/mol. The van der Waals surface area contributed by atoms with Crippen molar-refractivity contribution in [3.05, 3.63) is 65.6 Å². The van der Waals surface area contributed by atoms with Crippen molar-refractivity contribution in [2.45, 2.75) is 13.0 Å². The number of carbonyl (C=O) groups excluding carboxylic acids is 1. The fraction of sp³-hybridized carbons (Fsp3) is 0.200. The van der Waals surface area contributed by atoms with Crippen molar-refractivity contribution in [2.24, 2.45) is 0 Å². The average Bonchev–Trinajstić information content (AvgIpc) is 3.18. The predicted octanol–water partition coefficient (Wildman–Crippen LogP) is 3.72. The van der Waals surface area contributed by atoms with Crippen LogP contribution in [-0.2, 0) is 0 Å². The van der Waals surface area contributed by atoms with Gasteiger partial charge in [-0.25, -0.2) is 4.39 Å². The van der Waals surface area contributed by atoms with E-state index in [0.717, 1.165) is 5.56 Å². The maximum Gasteiger partial charge on any atom is 0.269 e. The lowest BCUT2D eigenvalue weighted by Gasteiger charge is -2.14. The number of rotatable bonds is 6. The molecule has 3 rings (SSSR count). The van der Waals surface area contributed by atoms with Crippen LogP contribution in [0, 0.1) is 5.82 Å². The summed E-state index contributed by atoms with van der Waals surface area (Å²) in [7, 11) is 2.98. The largest absolute Gasteiger partial charge is 0.496 e. The van der Waals surface area contributed by atoms with Crippen molar-refractivity contribution in [2.75, 3.05) is 14.2 Å². The zero-order chi connectivity index (χ0) is 19.4. The highest BCUT2D eigenvalue weighted by molar-refractivity contribution is 5.93. The fourth-order valence-corrected chi connectivity index (χ4v) is 2.74. The number of nitrogens with one attached hydrogen (secondary N) is 2. The van der Waals surface area contributed by atoms with Gasteiger partial charge in [-0.05, 0) is 42.8 Å². The molecule has 27 heavy (non-hydrogen) atoms. The molecule has 1 heterocycles. The summed E-state index contributed by atoms with van der Waals surface area (Å²) in [6, 6.07) is 13.2. The van der Waals surface area contributed by atoms with Gasteiger partial charge in [0, 0.05) is 5.56 Å². The number of aromatic nitrogens is 2. The molecule has 6 nitrogen and oxygen atoms in total. The Morgan fingerprint density at radius 2 is 1.85 bits per heavy atom. The summed E-state index contributed by atoms with van der Waals surface area (Å²) in [5.41, 5.74) is 2.31. The Labute approximate surface area is 156 Å². The number of amides is 1.